The fourth-order valence-electron chi connectivity index (χ4n) is 5.06. The third-order valence-electron chi connectivity index (χ3n) is 7.44. The first-order valence-corrected chi connectivity index (χ1v) is 15.5. The van der Waals surface area contributed by atoms with Crippen LogP contribution >= 0.6 is 0 Å². The van der Waals surface area contributed by atoms with E-state index in [0.717, 1.165) is 24.8 Å². The van der Waals surface area contributed by atoms with Gasteiger partial charge in [-0.05, 0) is 42.8 Å². The lowest BCUT2D eigenvalue weighted by molar-refractivity contribution is 0.0500. The lowest BCUT2D eigenvalue weighted by atomic mass is 10.0. The van der Waals surface area contributed by atoms with E-state index >= 15 is 0 Å². The maximum Gasteiger partial charge on any atom is 0.338 e. The molecule has 1 aromatic heterocycles. The van der Waals surface area contributed by atoms with Gasteiger partial charge in [0, 0.05) is 11.2 Å². The fraction of sp³-hybridized carbons (Fsp3) is 0.727. The Balaban J connectivity index is 1.43. The molecule has 0 aliphatic carbocycles. The number of benzene rings is 1. The summed E-state index contributed by atoms with van der Waals surface area (Å²) < 4.78 is 5.34. The van der Waals surface area contributed by atoms with E-state index in [1.165, 1.54) is 127 Å². The number of fused-ring (bicyclic) bond motifs is 1. The number of aromatic amines is 1. The Labute approximate surface area is 222 Å². The van der Waals surface area contributed by atoms with Gasteiger partial charge in [-0.1, -0.05) is 135 Å². The molecule has 0 aliphatic heterocycles. The highest BCUT2D eigenvalue weighted by molar-refractivity contribution is 5.94. The molecular formula is C33H55NO2. The normalized spacial score (nSPS) is 11.4. The van der Waals surface area contributed by atoms with E-state index in [-0.39, 0.29) is 5.97 Å². The highest BCUT2D eigenvalue weighted by Crippen LogP contribution is 2.20. The Morgan fingerprint density at radius 2 is 1.14 bits per heavy atom. The second-order valence-corrected chi connectivity index (χ2v) is 10.8. The molecular weight excluding hydrogens is 442 g/mol. The van der Waals surface area contributed by atoms with Crippen molar-refractivity contribution in [3.05, 3.63) is 35.5 Å². The van der Waals surface area contributed by atoms with Crippen molar-refractivity contribution in [2.24, 2.45) is 0 Å². The first kappa shape index (κ1) is 30.5. The summed E-state index contributed by atoms with van der Waals surface area (Å²) in [5.74, 6) is -0.218. The first-order chi connectivity index (χ1) is 17.7. The Morgan fingerprint density at radius 3 is 1.67 bits per heavy atom. The monoisotopic (exact) mass is 497 g/mol. The van der Waals surface area contributed by atoms with Crippen molar-refractivity contribution in [2.45, 2.75) is 149 Å². The van der Waals surface area contributed by atoms with Gasteiger partial charge in [0.2, 0.25) is 0 Å². The quantitative estimate of drug-likeness (QED) is 0.122. The van der Waals surface area contributed by atoms with Crippen LogP contribution in [0.25, 0.3) is 10.9 Å². The summed E-state index contributed by atoms with van der Waals surface area (Å²) in [4.78, 5) is 15.7. The van der Waals surface area contributed by atoms with Crippen LogP contribution in [0.1, 0.15) is 158 Å². The van der Waals surface area contributed by atoms with Crippen LogP contribution in [0, 0.1) is 0 Å². The molecule has 0 saturated carbocycles. The van der Waals surface area contributed by atoms with Gasteiger partial charge in [0.15, 0.2) is 0 Å². The van der Waals surface area contributed by atoms with Crippen LogP contribution in [0.3, 0.4) is 0 Å². The van der Waals surface area contributed by atoms with Gasteiger partial charge in [-0.2, -0.15) is 0 Å². The molecule has 0 saturated heterocycles. The van der Waals surface area contributed by atoms with Crippen molar-refractivity contribution in [1.29, 1.82) is 0 Å². The average Bonchev–Trinajstić information content (AvgIpc) is 3.30. The van der Waals surface area contributed by atoms with Crippen LogP contribution in [-0.2, 0) is 11.2 Å². The highest BCUT2D eigenvalue weighted by atomic mass is 16.5. The number of ether oxygens (including phenoxy) is 1. The average molecular weight is 498 g/mol. The zero-order valence-electron chi connectivity index (χ0n) is 23.7. The summed E-state index contributed by atoms with van der Waals surface area (Å²) in [6.45, 7) is 4.89. The van der Waals surface area contributed by atoms with E-state index < -0.39 is 0 Å². The van der Waals surface area contributed by atoms with E-state index in [4.69, 9.17) is 4.74 Å². The molecule has 0 fully saturated rings. The van der Waals surface area contributed by atoms with Crippen LogP contribution in [-0.4, -0.2) is 17.6 Å². The third kappa shape index (κ3) is 13.5. The van der Waals surface area contributed by atoms with Gasteiger partial charge in [0.25, 0.3) is 0 Å². The molecule has 0 amide bonds. The van der Waals surface area contributed by atoms with Gasteiger partial charge in [0.05, 0.1) is 12.2 Å². The number of aromatic nitrogens is 1. The predicted octanol–water partition coefficient (Wildman–Crippen LogP) is 10.7. The zero-order chi connectivity index (χ0) is 25.7. The Morgan fingerprint density at radius 1 is 0.639 bits per heavy atom. The fourth-order valence-corrected chi connectivity index (χ4v) is 5.06. The lowest BCUT2D eigenvalue weighted by Gasteiger charge is -2.04. The van der Waals surface area contributed by atoms with Crippen LogP contribution in [0.4, 0.5) is 0 Å². The molecule has 36 heavy (non-hydrogen) atoms. The van der Waals surface area contributed by atoms with E-state index in [1.54, 1.807) is 0 Å². The molecule has 0 unspecified atom stereocenters. The summed E-state index contributed by atoms with van der Waals surface area (Å²) >= 11 is 0. The number of unbranched alkanes of at least 4 members (excludes halogenated alkanes) is 18. The third-order valence-corrected chi connectivity index (χ3v) is 7.44. The standard InChI is InChI=1S/C33H55NO2/c1-3-5-7-8-9-10-11-12-13-14-15-16-17-18-19-20-21-22-23-31-27-29-24-25-30(28-32(29)34-31)33(35)36-26-6-4-2/h24-25,27-28,34H,3-23,26H2,1-2H3. The minimum Gasteiger partial charge on any atom is -0.462 e. The minimum atomic E-state index is -0.218. The molecule has 1 aromatic carbocycles. The first-order valence-electron chi connectivity index (χ1n) is 15.5. The summed E-state index contributed by atoms with van der Waals surface area (Å²) in [6, 6.07) is 8.07. The Hall–Kier alpha value is -1.77. The number of hydrogen-bond donors (Lipinski definition) is 1. The molecule has 0 radical (unpaired) electrons. The molecule has 0 atom stereocenters. The Kier molecular flexibility index (Phi) is 17.2. The number of rotatable bonds is 23. The van der Waals surface area contributed by atoms with Crippen LogP contribution in [0.5, 0.6) is 0 Å². The topological polar surface area (TPSA) is 42.1 Å². The van der Waals surface area contributed by atoms with Gasteiger partial charge in [-0.3, -0.25) is 0 Å². The maximum absolute atomic E-state index is 12.2. The van der Waals surface area contributed by atoms with Crippen LogP contribution < -0.4 is 0 Å². The summed E-state index contributed by atoms with van der Waals surface area (Å²) in [5.41, 5.74) is 2.95. The lowest BCUT2D eigenvalue weighted by Crippen LogP contribution is -2.06. The van der Waals surface area contributed by atoms with Gasteiger partial charge in [-0.25, -0.2) is 4.79 Å². The number of esters is 1. The molecule has 1 heterocycles. The summed E-state index contributed by atoms with van der Waals surface area (Å²) in [6.07, 6.45) is 28.4. The van der Waals surface area contributed by atoms with Gasteiger partial charge >= 0.3 is 5.97 Å². The number of H-pyrrole nitrogens is 1. The number of carbonyl (C=O) groups excluding carboxylic acids is 1. The van der Waals surface area contributed by atoms with Crippen LogP contribution in [0.15, 0.2) is 24.3 Å². The van der Waals surface area contributed by atoms with Gasteiger partial charge in [0.1, 0.15) is 0 Å². The second kappa shape index (κ2) is 20.3. The number of hydrogen-bond acceptors (Lipinski definition) is 2. The van der Waals surface area contributed by atoms with Crippen molar-refractivity contribution < 1.29 is 9.53 Å². The van der Waals surface area contributed by atoms with Crippen molar-refractivity contribution in [3.8, 4) is 0 Å². The second-order valence-electron chi connectivity index (χ2n) is 10.8. The SMILES string of the molecule is CCCCCCCCCCCCCCCCCCCCc1cc2ccc(C(=O)OCCCC)cc2[nH]1. The van der Waals surface area contributed by atoms with Crippen molar-refractivity contribution >= 4 is 16.9 Å². The minimum absolute atomic E-state index is 0.218. The molecule has 204 valence electrons. The predicted molar refractivity (Wildman–Crippen MR) is 156 cm³/mol. The molecule has 1 N–H and O–H groups in total. The number of carbonyl (C=O) groups is 1. The van der Waals surface area contributed by atoms with Crippen molar-refractivity contribution in [1.82, 2.24) is 4.98 Å². The van der Waals surface area contributed by atoms with Gasteiger partial charge < -0.3 is 9.72 Å². The molecule has 3 heteroatoms. The van der Waals surface area contributed by atoms with Crippen LogP contribution in [0.2, 0.25) is 0 Å². The maximum atomic E-state index is 12.2. The summed E-state index contributed by atoms with van der Waals surface area (Å²) in [7, 11) is 0. The molecule has 2 aromatic rings. The van der Waals surface area contributed by atoms with E-state index in [2.05, 4.69) is 24.9 Å². The molecule has 0 aliphatic rings. The number of nitrogens with one attached hydrogen (secondary N) is 1. The van der Waals surface area contributed by atoms with Gasteiger partial charge in [-0.15, -0.1) is 0 Å². The smallest absolute Gasteiger partial charge is 0.338 e. The van der Waals surface area contributed by atoms with Crippen molar-refractivity contribution in [2.75, 3.05) is 6.61 Å². The Bertz CT molecular complexity index is 809. The highest BCUT2D eigenvalue weighted by Gasteiger charge is 2.09. The van der Waals surface area contributed by atoms with Crippen molar-refractivity contribution in [3.63, 3.8) is 0 Å². The number of aryl methyl sites for hydroxylation is 1. The molecule has 3 nitrogen and oxygen atoms in total. The van der Waals surface area contributed by atoms with E-state index in [0.29, 0.717) is 12.2 Å². The van der Waals surface area contributed by atoms with E-state index in [9.17, 15) is 4.79 Å². The molecule has 2 rings (SSSR count). The molecule has 0 spiro atoms. The summed E-state index contributed by atoms with van der Waals surface area (Å²) in [5, 5.41) is 1.18. The zero-order valence-corrected chi connectivity index (χ0v) is 23.7. The molecule has 0 bridgehead atoms. The van der Waals surface area contributed by atoms with E-state index in [1.807, 2.05) is 18.2 Å². The largest absolute Gasteiger partial charge is 0.462 e.